The summed E-state index contributed by atoms with van der Waals surface area (Å²) < 4.78 is 3.29. The maximum Gasteiger partial charge on any atom is 0.0466 e. The number of halogens is 1. The van der Waals surface area contributed by atoms with Gasteiger partial charge in [-0.3, -0.25) is 9.62 Å². The van der Waals surface area contributed by atoms with E-state index in [1.165, 1.54) is 42.0 Å². The van der Waals surface area contributed by atoms with Crippen molar-refractivity contribution in [2.24, 2.45) is 5.92 Å². The Bertz CT molecular complexity index is 450. The molecule has 0 aliphatic carbocycles. The topological polar surface area (TPSA) is 15.3 Å². The van der Waals surface area contributed by atoms with Crippen molar-refractivity contribution < 1.29 is 0 Å². The molecule has 98 valence electrons. The van der Waals surface area contributed by atoms with Gasteiger partial charge in [0.2, 0.25) is 0 Å². The molecule has 0 aromatic heterocycles. The largest absolute Gasteiger partial charge is 0.299 e. The van der Waals surface area contributed by atoms with E-state index in [2.05, 4.69) is 28.7 Å². The van der Waals surface area contributed by atoms with Gasteiger partial charge < -0.3 is 0 Å². The van der Waals surface area contributed by atoms with Crippen LogP contribution in [-0.4, -0.2) is 18.0 Å². The molecule has 2 nitrogen and oxygen atoms in total. The molecule has 1 fully saturated rings. The Hall–Kier alpha value is -0.220. The summed E-state index contributed by atoms with van der Waals surface area (Å²) in [5.74, 6) is 0.833. The van der Waals surface area contributed by atoms with E-state index in [0.717, 1.165) is 24.0 Å². The standard InChI is InChI=1S/C14H19ClN2S/c1-10-3-2-4-17(8-10)9-11-5-13(15)12-7-16-18-14(12)6-11/h5-6,10,16H,2-4,7-9H2,1H3. The fraction of sp³-hybridized carbons (Fsp3) is 0.571. The van der Waals surface area contributed by atoms with Crippen LogP contribution in [0.15, 0.2) is 17.0 Å². The van der Waals surface area contributed by atoms with E-state index in [1.54, 1.807) is 11.9 Å². The van der Waals surface area contributed by atoms with Crippen molar-refractivity contribution in [2.75, 3.05) is 13.1 Å². The van der Waals surface area contributed by atoms with Gasteiger partial charge in [0.15, 0.2) is 0 Å². The van der Waals surface area contributed by atoms with Gasteiger partial charge in [0.1, 0.15) is 0 Å². The van der Waals surface area contributed by atoms with E-state index in [0.29, 0.717) is 0 Å². The highest BCUT2D eigenvalue weighted by Gasteiger charge is 2.19. The van der Waals surface area contributed by atoms with E-state index in [-0.39, 0.29) is 0 Å². The number of hydrogen-bond acceptors (Lipinski definition) is 3. The Morgan fingerprint density at radius 3 is 3.22 bits per heavy atom. The summed E-state index contributed by atoms with van der Waals surface area (Å²) >= 11 is 8.06. The van der Waals surface area contributed by atoms with Crippen LogP contribution >= 0.6 is 23.5 Å². The van der Waals surface area contributed by atoms with Gasteiger partial charge in [-0.15, -0.1) is 0 Å². The van der Waals surface area contributed by atoms with Gasteiger partial charge in [0.05, 0.1) is 0 Å². The number of fused-ring (bicyclic) bond motifs is 1. The molecule has 4 heteroatoms. The highest BCUT2D eigenvalue weighted by molar-refractivity contribution is 7.97. The molecule has 18 heavy (non-hydrogen) atoms. The van der Waals surface area contributed by atoms with Gasteiger partial charge in [0.25, 0.3) is 0 Å². The molecule has 1 aromatic rings. The Morgan fingerprint density at radius 1 is 1.50 bits per heavy atom. The Labute approximate surface area is 118 Å². The number of hydrogen-bond donors (Lipinski definition) is 1. The van der Waals surface area contributed by atoms with E-state index in [4.69, 9.17) is 11.6 Å². The number of nitrogens with zero attached hydrogens (tertiary/aromatic N) is 1. The number of benzene rings is 1. The predicted octanol–water partition coefficient (Wildman–Crippen LogP) is 3.68. The van der Waals surface area contributed by atoms with Crippen LogP contribution in [0.25, 0.3) is 0 Å². The fourth-order valence-corrected chi connectivity index (χ4v) is 4.15. The second-order valence-corrected chi connectivity index (χ2v) is 6.80. The third kappa shape index (κ3) is 2.69. The normalized spacial score (nSPS) is 24.2. The Kier molecular flexibility index (Phi) is 3.85. The SMILES string of the molecule is CC1CCCN(Cc2cc(Cl)c3c(c2)SNC3)C1. The van der Waals surface area contributed by atoms with Crippen LogP contribution < -0.4 is 4.72 Å². The third-order valence-corrected chi connectivity index (χ3v) is 5.00. The van der Waals surface area contributed by atoms with Gasteiger partial charge in [-0.1, -0.05) is 18.5 Å². The molecule has 1 saturated heterocycles. The summed E-state index contributed by atoms with van der Waals surface area (Å²) in [6.45, 7) is 6.73. The van der Waals surface area contributed by atoms with Crippen molar-refractivity contribution in [3.63, 3.8) is 0 Å². The molecular formula is C14H19ClN2S. The number of likely N-dealkylation sites (tertiary alicyclic amines) is 1. The van der Waals surface area contributed by atoms with Crippen molar-refractivity contribution in [3.05, 3.63) is 28.3 Å². The highest BCUT2D eigenvalue weighted by atomic mass is 35.5. The minimum atomic E-state index is 0.833. The number of rotatable bonds is 2. The molecule has 2 heterocycles. The van der Waals surface area contributed by atoms with E-state index in [1.807, 2.05) is 0 Å². The fourth-order valence-electron chi connectivity index (χ4n) is 2.89. The van der Waals surface area contributed by atoms with Crippen LogP contribution in [0.2, 0.25) is 5.02 Å². The molecule has 0 bridgehead atoms. The van der Waals surface area contributed by atoms with Crippen LogP contribution in [0.1, 0.15) is 30.9 Å². The number of piperidine rings is 1. The third-order valence-electron chi connectivity index (χ3n) is 3.79. The molecule has 2 aliphatic rings. The van der Waals surface area contributed by atoms with Gasteiger partial charge in [0, 0.05) is 35.1 Å². The quantitative estimate of drug-likeness (QED) is 0.833. The lowest BCUT2D eigenvalue weighted by molar-refractivity contribution is 0.176. The first-order valence-corrected chi connectivity index (χ1v) is 7.85. The van der Waals surface area contributed by atoms with Crippen molar-refractivity contribution in [3.8, 4) is 0 Å². The summed E-state index contributed by atoms with van der Waals surface area (Å²) in [6, 6.07) is 4.44. The van der Waals surface area contributed by atoms with Crippen molar-refractivity contribution in [2.45, 2.75) is 37.8 Å². The van der Waals surface area contributed by atoms with Gasteiger partial charge >= 0.3 is 0 Å². The molecule has 3 rings (SSSR count). The average molecular weight is 283 g/mol. The first kappa shape index (κ1) is 12.8. The maximum absolute atomic E-state index is 6.35. The average Bonchev–Trinajstić information content (AvgIpc) is 2.77. The van der Waals surface area contributed by atoms with Crippen molar-refractivity contribution in [1.82, 2.24) is 9.62 Å². The zero-order valence-corrected chi connectivity index (χ0v) is 12.3. The summed E-state index contributed by atoms with van der Waals surface area (Å²) in [7, 11) is 0. The van der Waals surface area contributed by atoms with E-state index in [9.17, 15) is 0 Å². The highest BCUT2D eigenvalue weighted by Crippen LogP contribution is 2.34. The summed E-state index contributed by atoms with van der Waals surface area (Å²) in [5, 5.41) is 0.921. The smallest absolute Gasteiger partial charge is 0.0466 e. The van der Waals surface area contributed by atoms with Crippen LogP contribution in [0, 0.1) is 5.92 Å². The van der Waals surface area contributed by atoms with Crippen LogP contribution in [0.5, 0.6) is 0 Å². The predicted molar refractivity (Wildman–Crippen MR) is 77.8 cm³/mol. The lowest BCUT2D eigenvalue weighted by Gasteiger charge is -2.31. The number of nitrogens with one attached hydrogen (secondary N) is 1. The van der Waals surface area contributed by atoms with Crippen molar-refractivity contribution >= 4 is 23.5 Å². The molecule has 0 spiro atoms. The van der Waals surface area contributed by atoms with Crippen LogP contribution in [0.4, 0.5) is 0 Å². The molecule has 1 atom stereocenters. The molecule has 1 unspecified atom stereocenters. The second-order valence-electron chi connectivity index (χ2n) is 5.46. The summed E-state index contributed by atoms with van der Waals surface area (Å²) in [6.07, 6.45) is 2.71. The molecule has 0 radical (unpaired) electrons. The Morgan fingerprint density at radius 2 is 2.39 bits per heavy atom. The van der Waals surface area contributed by atoms with Crippen LogP contribution in [0.3, 0.4) is 0 Å². The first-order chi connectivity index (χ1) is 8.72. The van der Waals surface area contributed by atoms with Gasteiger partial charge in [-0.05, 0) is 54.9 Å². The molecule has 0 amide bonds. The first-order valence-electron chi connectivity index (χ1n) is 6.66. The van der Waals surface area contributed by atoms with E-state index >= 15 is 0 Å². The van der Waals surface area contributed by atoms with Crippen molar-refractivity contribution in [1.29, 1.82) is 0 Å². The lowest BCUT2D eigenvalue weighted by atomic mass is 9.99. The van der Waals surface area contributed by atoms with Gasteiger partial charge in [-0.25, -0.2) is 0 Å². The zero-order chi connectivity index (χ0) is 12.5. The van der Waals surface area contributed by atoms with E-state index < -0.39 is 0 Å². The molecule has 0 saturated carbocycles. The second kappa shape index (κ2) is 5.41. The lowest BCUT2D eigenvalue weighted by Crippen LogP contribution is -2.33. The molecule has 1 aromatic carbocycles. The minimum absolute atomic E-state index is 0.833. The maximum atomic E-state index is 6.35. The summed E-state index contributed by atoms with van der Waals surface area (Å²) in [5.41, 5.74) is 2.61. The molecule has 2 aliphatic heterocycles. The summed E-state index contributed by atoms with van der Waals surface area (Å²) in [4.78, 5) is 3.86. The monoisotopic (exact) mass is 282 g/mol. The van der Waals surface area contributed by atoms with Gasteiger partial charge in [-0.2, -0.15) is 0 Å². The molecule has 1 N–H and O–H groups in total. The zero-order valence-electron chi connectivity index (χ0n) is 10.7. The van der Waals surface area contributed by atoms with Crippen LogP contribution in [-0.2, 0) is 13.1 Å². The molecular weight excluding hydrogens is 264 g/mol. The Balaban J connectivity index is 1.75. The minimum Gasteiger partial charge on any atom is -0.299 e.